The van der Waals surface area contributed by atoms with Crippen molar-refractivity contribution in [2.45, 2.75) is 47.0 Å². The van der Waals surface area contributed by atoms with Crippen LogP contribution in [0, 0.1) is 41.5 Å². The van der Waals surface area contributed by atoms with Crippen LogP contribution in [0.2, 0.25) is 0 Å². The van der Waals surface area contributed by atoms with Gasteiger partial charge in [-0.25, -0.2) is 0 Å². The summed E-state index contributed by atoms with van der Waals surface area (Å²) in [6, 6.07) is 46.2. The van der Waals surface area contributed by atoms with Crippen LogP contribution in [0.15, 0.2) is 121 Å². The average Bonchev–Trinajstić information content (AvgIpc) is 3.27. The molecule has 210 valence electrons. The highest BCUT2D eigenvalue weighted by Crippen LogP contribution is 2.58. The molecule has 0 nitrogen and oxygen atoms in total. The zero-order valence-electron chi connectivity index (χ0n) is 26.0. The van der Waals surface area contributed by atoms with E-state index >= 15 is 0 Å². The van der Waals surface area contributed by atoms with E-state index in [1.165, 1.54) is 89.0 Å². The van der Waals surface area contributed by atoms with Gasteiger partial charge in [-0.2, -0.15) is 0 Å². The summed E-state index contributed by atoms with van der Waals surface area (Å²) in [4.78, 5) is 0. The largest absolute Gasteiger partial charge is 0.0719 e. The van der Waals surface area contributed by atoms with E-state index in [-0.39, 0.29) is 0 Å². The van der Waals surface area contributed by atoms with Gasteiger partial charge < -0.3 is 0 Å². The van der Waals surface area contributed by atoms with E-state index in [9.17, 15) is 0 Å². The Kier molecular flexibility index (Phi) is 6.47. The van der Waals surface area contributed by atoms with E-state index in [2.05, 4.69) is 163 Å². The molecule has 1 aliphatic carbocycles. The zero-order chi connectivity index (χ0) is 29.9. The van der Waals surface area contributed by atoms with Gasteiger partial charge in [-0.15, -0.1) is 0 Å². The van der Waals surface area contributed by atoms with Crippen molar-refractivity contribution in [3.63, 3.8) is 0 Å². The molecule has 6 aromatic rings. The molecule has 0 amide bonds. The van der Waals surface area contributed by atoms with Crippen molar-refractivity contribution >= 4 is 0 Å². The first-order valence-corrected chi connectivity index (χ1v) is 15.3. The molecule has 0 saturated carbocycles. The normalized spacial score (nSPS) is 13.1. The van der Waals surface area contributed by atoms with Crippen LogP contribution in [-0.2, 0) is 5.41 Å². The fourth-order valence-electron chi connectivity index (χ4n) is 7.18. The molecule has 0 spiro atoms. The fourth-order valence-corrected chi connectivity index (χ4v) is 7.18. The molecule has 6 aromatic carbocycles. The molecule has 0 saturated heterocycles. The highest BCUT2D eigenvalue weighted by Gasteiger charge is 2.48. The Labute approximate surface area is 256 Å². The summed E-state index contributed by atoms with van der Waals surface area (Å²) in [6.07, 6.45) is 0. The SMILES string of the molecule is Cc1ccc(-c2ccc(C)c(C3(c4cc(-c5ccc(C)cc5)ccc4C)c4cc(C)ccc4-c4ccc(C)cc43)c2)cc1. The summed E-state index contributed by atoms with van der Waals surface area (Å²) < 4.78 is 0. The van der Waals surface area contributed by atoms with Gasteiger partial charge in [-0.1, -0.05) is 131 Å². The Morgan fingerprint density at radius 1 is 0.302 bits per heavy atom. The minimum atomic E-state index is -0.460. The molecule has 43 heavy (non-hydrogen) atoms. The van der Waals surface area contributed by atoms with Crippen molar-refractivity contribution in [2.75, 3.05) is 0 Å². The van der Waals surface area contributed by atoms with Crippen molar-refractivity contribution in [1.29, 1.82) is 0 Å². The molecular weight excluding hydrogens is 516 g/mol. The predicted octanol–water partition coefficient (Wildman–Crippen LogP) is 11.2. The van der Waals surface area contributed by atoms with Gasteiger partial charge in [0.05, 0.1) is 5.41 Å². The summed E-state index contributed by atoms with van der Waals surface area (Å²) in [5.41, 5.74) is 20.4. The Bertz CT molecular complexity index is 1850. The maximum Gasteiger partial charge on any atom is 0.0719 e. The third-order valence-corrected chi connectivity index (χ3v) is 9.50. The minimum Gasteiger partial charge on any atom is -0.0587 e. The van der Waals surface area contributed by atoms with Crippen LogP contribution in [0.25, 0.3) is 33.4 Å². The number of hydrogen-bond acceptors (Lipinski definition) is 0. The molecule has 0 radical (unpaired) electrons. The molecule has 7 rings (SSSR count). The Balaban J connectivity index is 1.62. The Morgan fingerprint density at radius 2 is 0.651 bits per heavy atom. The number of rotatable bonds is 4. The lowest BCUT2D eigenvalue weighted by Crippen LogP contribution is -2.31. The van der Waals surface area contributed by atoms with Crippen LogP contribution in [-0.4, -0.2) is 0 Å². The fraction of sp³-hybridized carbons (Fsp3) is 0.163. The van der Waals surface area contributed by atoms with Crippen LogP contribution in [0.4, 0.5) is 0 Å². The predicted molar refractivity (Wildman–Crippen MR) is 183 cm³/mol. The monoisotopic (exact) mass is 554 g/mol. The molecule has 0 heteroatoms. The Hall–Kier alpha value is -4.68. The lowest BCUT2D eigenvalue weighted by Gasteiger charge is -2.37. The van der Waals surface area contributed by atoms with Crippen LogP contribution < -0.4 is 0 Å². The van der Waals surface area contributed by atoms with Crippen molar-refractivity contribution in [1.82, 2.24) is 0 Å². The van der Waals surface area contributed by atoms with Crippen LogP contribution in [0.5, 0.6) is 0 Å². The van der Waals surface area contributed by atoms with Gasteiger partial charge in [0.15, 0.2) is 0 Å². The Morgan fingerprint density at radius 3 is 1.05 bits per heavy atom. The van der Waals surface area contributed by atoms with Crippen LogP contribution >= 0.6 is 0 Å². The number of fused-ring (bicyclic) bond motifs is 3. The summed E-state index contributed by atoms with van der Waals surface area (Å²) in [5.74, 6) is 0. The molecule has 0 aliphatic heterocycles. The number of hydrogen-bond donors (Lipinski definition) is 0. The van der Waals surface area contributed by atoms with Gasteiger partial charge >= 0.3 is 0 Å². The average molecular weight is 555 g/mol. The summed E-state index contributed by atoms with van der Waals surface area (Å²) in [6.45, 7) is 13.3. The number of aryl methyl sites for hydroxylation is 6. The topological polar surface area (TPSA) is 0 Å². The van der Waals surface area contributed by atoms with Crippen molar-refractivity contribution in [2.24, 2.45) is 0 Å². The van der Waals surface area contributed by atoms with E-state index in [0.717, 1.165) is 0 Å². The lowest BCUT2D eigenvalue weighted by molar-refractivity contribution is 0.753. The summed E-state index contributed by atoms with van der Waals surface area (Å²) in [7, 11) is 0. The van der Waals surface area contributed by atoms with E-state index in [1.54, 1.807) is 0 Å². The molecule has 0 unspecified atom stereocenters. The van der Waals surface area contributed by atoms with E-state index in [4.69, 9.17) is 0 Å². The molecule has 0 heterocycles. The third-order valence-electron chi connectivity index (χ3n) is 9.50. The zero-order valence-corrected chi connectivity index (χ0v) is 26.0. The van der Waals surface area contributed by atoms with Gasteiger partial charge in [0.2, 0.25) is 0 Å². The molecule has 0 N–H and O–H groups in total. The van der Waals surface area contributed by atoms with Gasteiger partial charge in [-0.3, -0.25) is 0 Å². The number of benzene rings is 6. The molecule has 0 atom stereocenters. The molecule has 1 aliphatic rings. The van der Waals surface area contributed by atoms with Crippen molar-refractivity contribution < 1.29 is 0 Å². The van der Waals surface area contributed by atoms with Gasteiger partial charge in [0.25, 0.3) is 0 Å². The second kappa shape index (κ2) is 10.2. The third kappa shape index (κ3) is 4.36. The first kappa shape index (κ1) is 27.2. The first-order chi connectivity index (χ1) is 20.8. The van der Waals surface area contributed by atoms with E-state index < -0.39 is 5.41 Å². The standard InChI is InChI=1S/C43H38/c1-27-7-15-33(16-8-27)35-19-13-31(5)39(25-35)43(40-26-36(20-14-32(40)6)34-17-9-28(2)10-18-34)41-23-29(3)11-21-37(41)38-22-12-30(4)24-42(38)43/h7-26H,1-6H3. The second-order valence-corrected chi connectivity index (χ2v) is 12.6. The lowest BCUT2D eigenvalue weighted by atomic mass is 9.64. The maximum absolute atomic E-state index is 2.47. The molecule has 0 bridgehead atoms. The van der Waals surface area contributed by atoms with Gasteiger partial charge in [0.1, 0.15) is 0 Å². The molecule has 0 aromatic heterocycles. The summed E-state index contributed by atoms with van der Waals surface area (Å²) in [5, 5.41) is 0. The summed E-state index contributed by atoms with van der Waals surface area (Å²) >= 11 is 0. The van der Waals surface area contributed by atoms with Crippen molar-refractivity contribution in [3.8, 4) is 33.4 Å². The van der Waals surface area contributed by atoms with Gasteiger partial charge in [-0.05, 0) is 120 Å². The quantitative estimate of drug-likeness (QED) is 0.203. The minimum absolute atomic E-state index is 0.460. The van der Waals surface area contributed by atoms with Crippen LogP contribution in [0.3, 0.4) is 0 Å². The maximum atomic E-state index is 2.47. The van der Waals surface area contributed by atoms with Crippen LogP contribution in [0.1, 0.15) is 55.6 Å². The second-order valence-electron chi connectivity index (χ2n) is 12.6. The highest BCUT2D eigenvalue weighted by atomic mass is 14.5. The smallest absolute Gasteiger partial charge is 0.0587 e. The van der Waals surface area contributed by atoms with Gasteiger partial charge in [0, 0.05) is 0 Å². The molecular formula is C43H38. The molecule has 0 fully saturated rings. The van der Waals surface area contributed by atoms with E-state index in [0.29, 0.717) is 0 Å². The first-order valence-electron chi connectivity index (χ1n) is 15.3. The van der Waals surface area contributed by atoms with E-state index in [1.807, 2.05) is 0 Å². The van der Waals surface area contributed by atoms with Crippen molar-refractivity contribution in [3.05, 3.63) is 177 Å². The highest BCUT2D eigenvalue weighted by molar-refractivity contribution is 5.88.